The van der Waals surface area contributed by atoms with Gasteiger partial charge in [0.1, 0.15) is 5.75 Å². The molecule has 122 valence electrons. The third kappa shape index (κ3) is 6.34. The molecule has 0 spiro atoms. The first-order valence-corrected chi connectivity index (χ1v) is 6.99. The highest BCUT2D eigenvalue weighted by Crippen LogP contribution is 2.26. The van der Waals surface area contributed by atoms with Crippen LogP contribution in [0.3, 0.4) is 0 Å². The number of pyridine rings is 1. The SMILES string of the molecule is COc1ccnc(OCCCNC(=O)O)c1C/C=C/N(C)C. The molecule has 0 unspecified atom stereocenters. The van der Waals surface area contributed by atoms with Gasteiger partial charge in [-0.3, -0.25) is 0 Å². The Kier molecular flexibility index (Phi) is 7.60. The fourth-order valence-electron chi connectivity index (χ4n) is 1.78. The van der Waals surface area contributed by atoms with Crippen molar-refractivity contribution in [2.75, 3.05) is 34.4 Å². The largest absolute Gasteiger partial charge is 0.496 e. The number of hydrogen-bond donors (Lipinski definition) is 2. The summed E-state index contributed by atoms with van der Waals surface area (Å²) in [5.41, 5.74) is 0.870. The Morgan fingerprint density at radius 1 is 1.50 bits per heavy atom. The summed E-state index contributed by atoms with van der Waals surface area (Å²) >= 11 is 0. The number of nitrogens with one attached hydrogen (secondary N) is 1. The zero-order chi connectivity index (χ0) is 16.4. The van der Waals surface area contributed by atoms with E-state index >= 15 is 0 Å². The fourth-order valence-corrected chi connectivity index (χ4v) is 1.78. The van der Waals surface area contributed by atoms with Gasteiger partial charge in [0.2, 0.25) is 5.88 Å². The zero-order valence-corrected chi connectivity index (χ0v) is 13.2. The van der Waals surface area contributed by atoms with E-state index in [1.807, 2.05) is 31.3 Å². The van der Waals surface area contributed by atoms with Crippen LogP contribution in [0.4, 0.5) is 4.79 Å². The van der Waals surface area contributed by atoms with Gasteiger partial charge in [-0.2, -0.15) is 0 Å². The van der Waals surface area contributed by atoms with E-state index in [1.165, 1.54) is 0 Å². The van der Waals surface area contributed by atoms with E-state index < -0.39 is 6.09 Å². The van der Waals surface area contributed by atoms with E-state index in [-0.39, 0.29) is 0 Å². The maximum Gasteiger partial charge on any atom is 0.404 e. The molecule has 0 fully saturated rings. The summed E-state index contributed by atoms with van der Waals surface area (Å²) in [5, 5.41) is 10.8. The lowest BCUT2D eigenvalue weighted by atomic mass is 10.1. The number of methoxy groups -OCH3 is 1. The Labute approximate surface area is 130 Å². The van der Waals surface area contributed by atoms with Crippen molar-refractivity contribution >= 4 is 6.09 Å². The Morgan fingerprint density at radius 2 is 2.27 bits per heavy atom. The van der Waals surface area contributed by atoms with Crippen molar-refractivity contribution < 1.29 is 19.4 Å². The number of ether oxygens (including phenoxy) is 2. The predicted molar refractivity (Wildman–Crippen MR) is 83.5 cm³/mol. The van der Waals surface area contributed by atoms with Crippen molar-refractivity contribution in [2.45, 2.75) is 12.8 Å². The van der Waals surface area contributed by atoms with Crippen molar-refractivity contribution in [2.24, 2.45) is 0 Å². The van der Waals surface area contributed by atoms with Gasteiger partial charge >= 0.3 is 6.09 Å². The molecule has 1 heterocycles. The summed E-state index contributed by atoms with van der Waals surface area (Å²) in [6.07, 6.45) is 5.75. The molecule has 0 aromatic carbocycles. The zero-order valence-electron chi connectivity index (χ0n) is 13.2. The molecule has 0 saturated heterocycles. The summed E-state index contributed by atoms with van der Waals surface area (Å²) in [6, 6.07) is 1.79. The van der Waals surface area contributed by atoms with Crippen LogP contribution in [-0.2, 0) is 6.42 Å². The van der Waals surface area contributed by atoms with Crippen LogP contribution in [-0.4, -0.2) is 55.4 Å². The van der Waals surface area contributed by atoms with Crippen molar-refractivity contribution in [1.29, 1.82) is 0 Å². The van der Waals surface area contributed by atoms with Gasteiger partial charge in [0.15, 0.2) is 0 Å². The van der Waals surface area contributed by atoms with Crippen molar-refractivity contribution in [1.82, 2.24) is 15.2 Å². The number of nitrogens with zero attached hydrogens (tertiary/aromatic N) is 2. The lowest BCUT2D eigenvalue weighted by Gasteiger charge is -2.13. The quantitative estimate of drug-likeness (QED) is 0.676. The monoisotopic (exact) mass is 309 g/mol. The molecule has 0 atom stereocenters. The number of hydrogen-bond acceptors (Lipinski definition) is 5. The van der Waals surface area contributed by atoms with Gasteiger partial charge in [-0.1, -0.05) is 6.08 Å². The number of aromatic nitrogens is 1. The smallest absolute Gasteiger partial charge is 0.404 e. The number of amides is 1. The van der Waals surface area contributed by atoms with Crippen LogP contribution in [0.25, 0.3) is 0 Å². The third-order valence-corrected chi connectivity index (χ3v) is 2.75. The molecule has 2 N–H and O–H groups in total. The second kappa shape index (κ2) is 9.49. The highest BCUT2D eigenvalue weighted by atomic mass is 16.5. The molecule has 0 radical (unpaired) electrons. The lowest BCUT2D eigenvalue weighted by Crippen LogP contribution is -2.23. The van der Waals surface area contributed by atoms with Gasteiger partial charge in [-0.25, -0.2) is 9.78 Å². The van der Waals surface area contributed by atoms with Crippen LogP contribution in [0.5, 0.6) is 11.6 Å². The highest BCUT2D eigenvalue weighted by Gasteiger charge is 2.10. The van der Waals surface area contributed by atoms with Crippen LogP contribution in [0.2, 0.25) is 0 Å². The van der Waals surface area contributed by atoms with Gasteiger partial charge in [0.25, 0.3) is 0 Å². The van der Waals surface area contributed by atoms with E-state index in [9.17, 15) is 4.79 Å². The number of carbonyl (C=O) groups is 1. The Balaban J connectivity index is 2.65. The maximum absolute atomic E-state index is 10.4. The summed E-state index contributed by atoms with van der Waals surface area (Å²) in [7, 11) is 5.50. The average molecular weight is 309 g/mol. The number of rotatable bonds is 9. The van der Waals surface area contributed by atoms with E-state index in [0.29, 0.717) is 31.9 Å². The van der Waals surface area contributed by atoms with E-state index in [2.05, 4.69) is 10.3 Å². The first kappa shape index (κ1) is 17.6. The van der Waals surface area contributed by atoms with Gasteiger partial charge in [0.05, 0.1) is 19.3 Å². The summed E-state index contributed by atoms with van der Waals surface area (Å²) in [5.74, 6) is 1.23. The summed E-state index contributed by atoms with van der Waals surface area (Å²) < 4.78 is 11.0. The Bertz CT molecular complexity index is 504. The molecule has 0 aliphatic rings. The average Bonchev–Trinajstić information content (AvgIpc) is 2.47. The highest BCUT2D eigenvalue weighted by molar-refractivity contribution is 5.64. The maximum atomic E-state index is 10.4. The molecule has 7 heteroatoms. The molecule has 1 amide bonds. The second-order valence-corrected chi connectivity index (χ2v) is 4.78. The van der Waals surface area contributed by atoms with Gasteiger partial charge in [0, 0.05) is 33.3 Å². The van der Waals surface area contributed by atoms with E-state index in [4.69, 9.17) is 14.6 Å². The normalized spacial score (nSPS) is 10.5. The van der Waals surface area contributed by atoms with Crippen molar-refractivity contribution in [3.05, 3.63) is 30.1 Å². The van der Waals surface area contributed by atoms with Gasteiger partial charge in [-0.05, 0) is 18.7 Å². The van der Waals surface area contributed by atoms with Gasteiger partial charge < -0.3 is 24.8 Å². The summed E-state index contributed by atoms with van der Waals surface area (Å²) in [6.45, 7) is 0.722. The van der Waals surface area contributed by atoms with Crippen molar-refractivity contribution in [3.63, 3.8) is 0 Å². The van der Waals surface area contributed by atoms with Crippen LogP contribution in [0.1, 0.15) is 12.0 Å². The molecule has 0 bridgehead atoms. The number of carboxylic acid groups (broad SMARTS) is 1. The molecule has 7 nitrogen and oxygen atoms in total. The van der Waals surface area contributed by atoms with Crippen LogP contribution in [0, 0.1) is 0 Å². The molecule has 0 aliphatic carbocycles. The minimum atomic E-state index is -1.03. The van der Waals surface area contributed by atoms with Gasteiger partial charge in [-0.15, -0.1) is 0 Å². The molecule has 0 saturated carbocycles. The molecular formula is C15H23N3O4. The predicted octanol–water partition coefficient (Wildman–Crippen LogP) is 1.74. The van der Waals surface area contributed by atoms with Crippen LogP contribution < -0.4 is 14.8 Å². The minimum Gasteiger partial charge on any atom is -0.496 e. The third-order valence-electron chi connectivity index (χ3n) is 2.75. The molecule has 1 rings (SSSR count). The molecular weight excluding hydrogens is 286 g/mol. The van der Waals surface area contributed by atoms with Crippen LogP contribution in [0.15, 0.2) is 24.5 Å². The van der Waals surface area contributed by atoms with Crippen LogP contribution >= 0.6 is 0 Å². The Morgan fingerprint density at radius 3 is 2.91 bits per heavy atom. The standard InChI is InChI=1S/C15H23N3O4/c1-18(2)10-4-6-12-13(21-3)7-9-16-14(12)22-11-5-8-17-15(19)20/h4,7,9-10,17H,5-6,8,11H2,1-3H3,(H,19,20)/b10-4+. The summed E-state index contributed by atoms with van der Waals surface area (Å²) in [4.78, 5) is 16.5. The first-order valence-electron chi connectivity index (χ1n) is 6.99. The topological polar surface area (TPSA) is 83.9 Å². The first-order chi connectivity index (χ1) is 10.5. The van der Waals surface area contributed by atoms with Crippen molar-refractivity contribution in [3.8, 4) is 11.6 Å². The molecule has 1 aromatic rings. The number of allylic oxidation sites excluding steroid dienone is 1. The lowest BCUT2D eigenvalue weighted by molar-refractivity contribution is 0.193. The van der Waals surface area contributed by atoms with E-state index in [0.717, 1.165) is 11.3 Å². The fraction of sp³-hybridized carbons (Fsp3) is 0.467. The molecule has 22 heavy (non-hydrogen) atoms. The molecule has 0 aliphatic heterocycles. The van der Waals surface area contributed by atoms with E-state index in [1.54, 1.807) is 19.4 Å². The Hall–Kier alpha value is -2.44. The second-order valence-electron chi connectivity index (χ2n) is 4.78. The molecule has 1 aromatic heterocycles. The minimum absolute atomic E-state index is 0.342.